The molecule has 5 heteroatoms. The van der Waals surface area contributed by atoms with Crippen molar-refractivity contribution in [2.45, 2.75) is 13.0 Å². The molecule has 4 nitrogen and oxygen atoms in total. The van der Waals surface area contributed by atoms with Gasteiger partial charge in [0.05, 0.1) is 6.10 Å². The molecule has 1 unspecified atom stereocenters. The van der Waals surface area contributed by atoms with Gasteiger partial charge in [0.25, 0.3) is 0 Å². The van der Waals surface area contributed by atoms with Crippen LogP contribution in [0.3, 0.4) is 0 Å². The minimum atomic E-state index is -0.551. The van der Waals surface area contributed by atoms with E-state index in [1.165, 1.54) is 17.0 Å². The van der Waals surface area contributed by atoms with Gasteiger partial charge >= 0.3 is 6.03 Å². The van der Waals surface area contributed by atoms with E-state index in [4.69, 9.17) is 0 Å². The van der Waals surface area contributed by atoms with E-state index in [-0.39, 0.29) is 6.03 Å². The number of anilines is 2. The summed E-state index contributed by atoms with van der Waals surface area (Å²) < 4.78 is 13.2. The molecular formula is C16H17FN2O2. The summed E-state index contributed by atoms with van der Waals surface area (Å²) in [6.45, 7) is 1.67. The highest BCUT2D eigenvalue weighted by Crippen LogP contribution is 2.18. The van der Waals surface area contributed by atoms with E-state index in [0.717, 1.165) is 5.56 Å². The number of halogens is 1. The van der Waals surface area contributed by atoms with Crippen LogP contribution in [-0.4, -0.2) is 18.2 Å². The summed E-state index contributed by atoms with van der Waals surface area (Å²) in [5, 5.41) is 12.1. The normalized spacial score (nSPS) is 11.8. The predicted octanol–water partition coefficient (Wildman–Crippen LogP) is 3.55. The highest BCUT2D eigenvalue weighted by Gasteiger charge is 2.11. The summed E-state index contributed by atoms with van der Waals surface area (Å²) in [5.41, 5.74) is 1.84. The first-order valence-corrected chi connectivity index (χ1v) is 6.55. The van der Waals surface area contributed by atoms with Gasteiger partial charge in [-0.1, -0.05) is 18.2 Å². The van der Waals surface area contributed by atoms with Crippen LogP contribution in [0.25, 0.3) is 0 Å². The van der Waals surface area contributed by atoms with Crippen molar-refractivity contribution in [3.8, 4) is 0 Å². The summed E-state index contributed by atoms with van der Waals surface area (Å²) in [4.78, 5) is 13.4. The van der Waals surface area contributed by atoms with E-state index in [2.05, 4.69) is 5.32 Å². The zero-order valence-electron chi connectivity index (χ0n) is 11.9. The first kappa shape index (κ1) is 15.0. The number of carbonyl (C=O) groups is 1. The number of nitrogens with zero attached hydrogens (tertiary/aromatic N) is 1. The van der Waals surface area contributed by atoms with Gasteiger partial charge in [-0.15, -0.1) is 0 Å². The Morgan fingerprint density at radius 3 is 2.48 bits per heavy atom. The van der Waals surface area contributed by atoms with Gasteiger partial charge in [-0.05, 0) is 42.8 Å². The van der Waals surface area contributed by atoms with Crippen LogP contribution < -0.4 is 10.2 Å². The molecule has 0 saturated carbocycles. The zero-order chi connectivity index (χ0) is 15.4. The largest absolute Gasteiger partial charge is 0.389 e. The minimum absolute atomic E-state index is 0.370. The second kappa shape index (κ2) is 6.37. The maximum atomic E-state index is 13.2. The molecule has 0 aliphatic carbocycles. The first-order valence-electron chi connectivity index (χ1n) is 6.55. The van der Waals surface area contributed by atoms with Crippen molar-refractivity contribution in [3.63, 3.8) is 0 Å². The molecule has 0 aromatic heterocycles. The van der Waals surface area contributed by atoms with Gasteiger partial charge in [0.15, 0.2) is 0 Å². The molecule has 2 N–H and O–H groups in total. The highest BCUT2D eigenvalue weighted by molar-refractivity contribution is 6.01. The molecule has 0 spiro atoms. The van der Waals surface area contributed by atoms with Crippen LogP contribution in [-0.2, 0) is 0 Å². The molecular weight excluding hydrogens is 271 g/mol. The van der Waals surface area contributed by atoms with Crippen LogP contribution in [0.1, 0.15) is 18.6 Å². The second-order valence-electron chi connectivity index (χ2n) is 4.77. The lowest BCUT2D eigenvalue weighted by Gasteiger charge is -2.18. The third-order valence-corrected chi connectivity index (χ3v) is 3.14. The van der Waals surface area contributed by atoms with E-state index in [1.54, 1.807) is 50.4 Å². The number of benzene rings is 2. The lowest BCUT2D eigenvalue weighted by atomic mass is 10.1. The van der Waals surface area contributed by atoms with Crippen molar-refractivity contribution < 1.29 is 14.3 Å². The van der Waals surface area contributed by atoms with Crippen molar-refractivity contribution in [1.82, 2.24) is 0 Å². The van der Waals surface area contributed by atoms with E-state index in [9.17, 15) is 14.3 Å². The van der Waals surface area contributed by atoms with Crippen LogP contribution in [0.5, 0.6) is 0 Å². The van der Waals surface area contributed by atoms with Gasteiger partial charge in [0.1, 0.15) is 5.82 Å². The molecule has 0 heterocycles. The predicted molar refractivity (Wildman–Crippen MR) is 80.9 cm³/mol. The van der Waals surface area contributed by atoms with Crippen molar-refractivity contribution in [3.05, 3.63) is 59.9 Å². The summed E-state index contributed by atoms with van der Waals surface area (Å²) in [6.07, 6.45) is -0.551. The molecule has 0 aliphatic rings. The van der Waals surface area contributed by atoms with Gasteiger partial charge < -0.3 is 10.4 Å². The maximum Gasteiger partial charge on any atom is 0.326 e. The molecule has 2 amide bonds. The Bertz CT molecular complexity index is 626. The molecule has 2 aromatic rings. The highest BCUT2D eigenvalue weighted by atomic mass is 19.1. The Hall–Kier alpha value is -2.40. The summed E-state index contributed by atoms with van der Waals surface area (Å²) >= 11 is 0. The maximum absolute atomic E-state index is 13.2. The summed E-state index contributed by atoms with van der Waals surface area (Å²) in [6, 6.07) is 12.3. The first-order chi connectivity index (χ1) is 9.97. The molecule has 110 valence electrons. The fraction of sp³-hybridized carbons (Fsp3) is 0.188. The van der Waals surface area contributed by atoms with Gasteiger partial charge in [0.2, 0.25) is 0 Å². The molecule has 0 aliphatic heterocycles. The van der Waals surface area contributed by atoms with E-state index >= 15 is 0 Å². The molecule has 21 heavy (non-hydrogen) atoms. The molecule has 0 radical (unpaired) electrons. The van der Waals surface area contributed by atoms with Gasteiger partial charge in [-0.3, -0.25) is 4.90 Å². The smallest absolute Gasteiger partial charge is 0.326 e. The third-order valence-electron chi connectivity index (χ3n) is 3.14. The lowest BCUT2D eigenvalue weighted by Crippen LogP contribution is -2.31. The number of amides is 2. The van der Waals surface area contributed by atoms with Crippen molar-refractivity contribution in [1.29, 1.82) is 0 Å². The van der Waals surface area contributed by atoms with E-state index < -0.39 is 11.9 Å². The molecule has 0 saturated heterocycles. The molecule has 1 atom stereocenters. The molecule has 0 fully saturated rings. The van der Waals surface area contributed by atoms with Gasteiger partial charge in [-0.2, -0.15) is 0 Å². The Kier molecular flexibility index (Phi) is 4.55. The average Bonchev–Trinajstić information content (AvgIpc) is 2.47. The molecule has 2 rings (SSSR count). The van der Waals surface area contributed by atoms with E-state index in [1.807, 2.05) is 0 Å². The number of hydrogen-bond donors (Lipinski definition) is 2. The topological polar surface area (TPSA) is 52.6 Å². The summed E-state index contributed by atoms with van der Waals surface area (Å²) in [7, 11) is 1.56. The van der Waals surface area contributed by atoms with Crippen molar-refractivity contribution in [2.75, 3.05) is 17.3 Å². The number of rotatable bonds is 3. The SMILES string of the molecule is CC(O)c1ccc(NC(=O)N(C)c2cccc(F)c2)cc1. The van der Waals surface area contributed by atoms with Crippen LogP contribution in [0.4, 0.5) is 20.6 Å². The van der Waals surface area contributed by atoms with Crippen LogP contribution in [0.15, 0.2) is 48.5 Å². The van der Waals surface area contributed by atoms with Crippen molar-refractivity contribution in [2.24, 2.45) is 0 Å². The monoisotopic (exact) mass is 288 g/mol. The van der Waals surface area contributed by atoms with Gasteiger partial charge in [-0.25, -0.2) is 9.18 Å². The Morgan fingerprint density at radius 2 is 1.90 bits per heavy atom. The Morgan fingerprint density at radius 1 is 1.24 bits per heavy atom. The standard InChI is InChI=1S/C16H17FN2O2/c1-11(20)12-6-8-14(9-7-12)18-16(21)19(2)15-5-3-4-13(17)10-15/h3-11,20H,1-2H3,(H,18,21). The number of hydrogen-bond acceptors (Lipinski definition) is 2. The second-order valence-corrected chi connectivity index (χ2v) is 4.77. The van der Waals surface area contributed by atoms with Crippen LogP contribution in [0.2, 0.25) is 0 Å². The Balaban J connectivity index is 2.07. The minimum Gasteiger partial charge on any atom is -0.389 e. The lowest BCUT2D eigenvalue weighted by molar-refractivity contribution is 0.199. The molecule has 2 aromatic carbocycles. The Labute approximate surface area is 122 Å². The van der Waals surface area contributed by atoms with Gasteiger partial charge in [0, 0.05) is 18.4 Å². The fourth-order valence-electron chi connectivity index (χ4n) is 1.85. The fourth-order valence-corrected chi connectivity index (χ4v) is 1.85. The number of aliphatic hydroxyl groups excluding tert-OH is 1. The third kappa shape index (κ3) is 3.79. The zero-order valence-corrected chi connectivity index (χ0v) is 11.9. The number of nitrogens with one attached hydrogen (secondary N) is 1. The van der Waals surface area contributed by atoms with Crippen LogP contribution >= 0.6 is 0 Å². The van der Waals surface area contributed by atoms with Crippen molar-refractivity contribution >= 4 is 17.4 Å². The van der Waals surface area contributed by atoms with E-state index in [0.29, 0.717) is 11.4 Å². The van der Waals surface area contributed by atoms with Crippen LogP contribution in [0, 0.1) is 5.82 Å². The number of carbonyl (C=O) groups excluding carboxylic acids is 1. The number of urea groups is 1. The number of aliphatic hydroxyl groups is 1. The summed E-state index contributed by atoms with van der Waals surface area (Å²) in [5.74, 6) is -0.395. The molecule has 0 bridgehead atoms. The average molecular weight is 288 g/mol. The quantitative estimate of drug-likeness (QED) is 0.907.